The van der Waals surface area contributed by atoms with Gasteiger partial charge in [0, 0.05) is 21.8 Å². The fourth-order valence-corrected chi connectivity index (χ4v) is 18.5. The first-order valence-corrected chi connectivity index (χ1v) is 24.4. The molecule has 61 heavy (non-hydrogen) atoms. The molecule has 3 heteroatoms. The number of rotatable bonds is 6. The third kappa shape index (κ3) is 4.96. The normalized spacial score (nSPS) is 20.9. The molecule has 0 N–H and O–H groups in total. The highest BCUT2D eigenvalue weighted by atomic mass is 28.3. The predicted octanol–water partition coefficient (Wildman–Crippen LogP) is 12.2. The summed E-state index contributed by atoms with van der Waals surface area (Å²) in [5, 5.41) is 7.59. The molecule has 5 aliphatic rings. The van der Waals surface area contributed by atoms with Gasteiger partial charge in [0.25, 0.3) is 0 Å². The molecule has 0 atom stereocenters. The zero-order chi connectivity index (χ0) is 40.1. The van der Waals surface area contributed by atoms with E-state index in [2.05, 4.69) is 205 Å². The van der Waals surface area contributed by atoms with Crippen molar-refractivity contribution >= 4 is 67.8 Å². The van der Waals surface area contributed by atoms with Gasteiger partial charge in [-0.15, -0.1) is 0 Å². The summed E-state index contributed by atoms with van der Waals surface area (Å²) in [4.78, 5) is 2.60. The molecule has 1 aliphatic heterocycles. The summed E-state index contributed by atoms with van der Waals surface area (Å²) in [6.07, 6.45) is 6.95. The van der Waals surface area contributed by atoms with E-state index >= 15 is 0 Å². The molecule has 2 nitrogen and oxygen atoms in total. The Hall–Kier alpha value is -6.42. The maximum absolute atomic E-state index is 7.12. The van der Waals surface area contributed by atoms with E-state index in [1.165, 1.54) is 81.0 Å². The van der Waals surface area contributed by atoms with Crippen LogP contribution in [0.5, 0.6) is 0 Å². The minimum Gasteiger partial charge on any atom is -0.456 e. The van der Waals surface area contributed by atoms with E-state index in [1.54, 1.807) is 11.1 Å². The highest BCUT2D eigenvalue weighted by Crippen LogP contribution is 2.69. The summed E-state index contributed by atoms with van der Waals surface area (Å²) in [5.41, 5.74) is 11.4. The van der Waals surface area contributed by atoms with Gasteiger partial charge in [0.2, 0.25) is 0 Å². The van der Waals surface area contributed by atoms with Gasteiger partial charge >= 0.3 is 0 Å². The van der Waals surface area contributed by atoms with Crippen LogP contribution in [0.1, 0.15) is 43.2 Å². The topological polar surface area (TPSA) is 16.4 Å². The molecule has 1 aromatic heterocycles. The zero-order valence-corrected chi connectivity index (χ0v) is 35.3. The van der Waals surface area contributed by atoms with E-state index in [4.69, 9.17) is 4.42 Å². The molecular weight excluding hydrogens is 755 g/mol. The second-order valence-electron chi connectivity index (χ2n) is 18.4. The average molecular weight is 802 g/mol. The van der Waals surface area contributed by atoms with Gasteiger partial charge in [-0.1, -0.05) is 170 Å². The second-order valence-corrected chi connectivity index (χ2v) is 22.2. The Morgan fingerprint density at radius 3 is 1.52 bits per heavy atom. The number of hydrogen-bond acceptors (Lipinski definition) is 2. The lowest BCUT2D eigenvalue weighted by molar-refractivity contribution is -0.0419. The Morgan fingerprint density at radius 2 is 0.951 bits per heavy atom. The molecular formula is C58H47NOSi. The van der Waals surface area contributed by atoms with Gasteiger partial charge in [-0.2, -0.15) is 0 Å². The van der Waals surface area contributed by atoms with Gasteiger partial charge in [0.1, 0.15) is 11.2 Å². The van der Waals surface area contributed by atoms with Crippen LogP contribution in [-0.4, -0.2) is 8.07 Å². The highest BCUT2D eigenvalue weighted by Gasteiger charge is 2.61. The molecule has 0 unspecified atom stereocenters. The molecule has 14 rings (SSSR count). The monoisotopic (exact) mass is 801 g/mol. The van der Waals surface area contributed by atoms with Crippen LogP contribution in [0.15, 0.2) is 205 Å². The van der Waals surface area contributed by atoms with E-state index in [1.807, 2.05) is 0 Å². The Morgan fingerprint density at radius 1 is 0.443 bits per heavy atom. The SMILES string of the molecule is c1ccc([Si](c2ccccc2)(c2ccccc2)c2cccc3c2oc2ccc(-c4ccccc4N4c5ccccc5C5(c6ccccc64)C4C[C@H]6CC5C[C@@H](C4)C6)cc23)cc1. The zero-order valence-electron chi connectivity index (χ0n) is 34.3. The van der Waals surface area contributed by atoms with Crippen LogP contribution in [0.2, 0.25) is 0 Å². The Bertz CT molecular complexity index is 2940. The van der Waals surface area contributed by atoms with Crippen LogP contribution >= 0.6 is 0 Å². The number of benzene rings is 8. The maximum atomic E-state index is 7.12. The largest absolute Gasteiger partial charge is 0.456 e. The Labute approximate surface area is 359 Å². The molecule has 294 valence electrons. The van der Waals surface area contributed by atoms with Crippen molar-refractivity contribution < 1.29 is 4.42 Å². The molecule has 1 spiro atoms. The summed E-state index contributed by atoms with van der Waals surface area (Å²) >= 11 is 0. The van der Waals surface area contributed by atoms with Crippen molar-refractivity contribution in [2.24, 2.45) is 23.7 Å². The lowest BCUT2D eigenvalue weighted by Gasteiger charge is -2.64. The Kier molecular flexibility index (Phi) is 7.85. The number of furan rings is 1. The summed E-state index contributed by atoms with van der Waals surface area (Å²) in [6, 6.07) is 75.2. The first kappa shape index (κ1) is 35.3. The van der Waals surface area contributed by atoms with Crippen molar-refractivity contribution in [1.29, 1.82) is 0 Å². The highest BCUT2D eigenvalue weighted by molar-refractivity contribution is 7.20. The fraction of sp³-hybridized carbons (Fsp3) is 0.172. The van der Waals surface area contributed by atoms with Crippen LogP contribution in [-0.2, 0) is 5.41 Å². The van der Waals surface area contributed by atoms with Gasteiger partial charge in [0.15, 0.2) is 8.07 Å². The van der Waals surface area contributed by atoms with Crippen molar-refractivity contribution in [3.63, 3.8) is 0 Å². The minimum atomic E-state index is -2.83. The molecule has 8 aromatic carbocycles. The molecule has 4 fully saturated rings. The minimum absolute atomic E-state index is 0.0795. The summed E-state index contributed by atoms with van der Waals surface area (Å²) < 4.78 is 7.12. The summed E-state index contributed by atoms with van der Waals surface area (Å²) in [5.74, 6) is 3.23. The van der Waals surface area contributed by atoms with Gasteiger partial charge in [0.05, 0.1) is 17.1 Å². The van der Waals surface area contributed by atoms with Gasteiger partial charge < -0.3 is 9.32 Å². The molecule has 9 aromatic rings. The van der Waals surface area contributed by atoms with E-state index < -0.39 is 8.07 Å². The van der Waals surface area contributed by atoms with Crippen LogP contribution in [0.4, 0.5) is 17.1 Å². The molecule has 0 radical (unpaired) electrons. The predicted molar refractivity (Wildman–Crippen MR) is 255 cm³/mol. The molecule has 0 amide bonds. The molecule has 4 saturated carbocycles. The number of para-hydroxylation sites is 4. The van der Waals surface area contributed by atoms with Crippen molar-refractivity contribution in [2.75, 3.05) is 4.90 Å². The quantitative estimate of drug-likeness (QED) is 0.123. The molecule has 4 bridgehead atoms. The van der Waals surface area contributed by atoms with Crippen LogP contribution in [0.3, 0.4) is 0 Å². The number of hydrogen-bond donors (Lipinski definition) is 0. The first-order chi connectivity index (χ1) is 30.2. The molecule has 2 heterocycles. The number of fused-ring (bicyclic) bond motifs is 5. The summed E-state index contributed by atoms with van der Waals surface area (Å²) in [6.45, 7) is 0. The average Bonchev–Trinajstić information content (AvgIpc) is 3.70. The lowest BCUT2D eigenvalue weighted by Crippen LogP contribution is -2.74. The van der Waals surface area contributed by atoms with E-state index in [9.17, 15) is 0 Å². The Balaban J connectivity index is 1.00. The third-order valence-corrected chi connectivity index (χ3v) is 20.4. The fourth-order valence-electron chi connectivity index (χ4n) is 13.6. The molecule has 4 aliphatic carbocycles. The smallest absolute Gasteiger partial charge is 0.184 e. The van der Waals surface area contributed by atoms with E-state index in [-0.39, 0.29) is 5.41 Å². The van der Waals surface area contributed by atoms with Gasteiger partial charge in [-0.25, -0.2) is 0 Å². The number of anilines is 3. The van der Waals surface area contributed by atoms with Crippen LogP contribution in [0.25, 0.3) is 33.1 Å². The maximum Gasteiger partial charge on any atom is 0.184 e. The first-order valence-electron chi connectivity index (χ1n) is 22.4. The van der Waals surface area contributed by atoms with Gasteiger partial charge in [-0.3, -0.25) is 0 Å². The number of nitrogens with zero attached hydrogens (tertiary/aromatic N) is 1. The van der Waals surface area contributed by atoms with Crippen LogP contribution < -0.4 is 25.6 Å². The van der Waals surface area contributed by atoms with E-state index in [0.29, 0.717) is 11.8 Å². The summed E-state index contributed by atoms with van der Waals surface area (Å²) in [7, 11) is -2.83. The van der Waals surface area contributed by atoms with Crippen LogP contribution in [0, 0.1) is 23.7 Å². The van der Waals surface area contributed by atoms with Crippen molar-refractivity contribution in [3.8, 4) is 11.1 Å². The van der Waals surface area contributed by atoms with Gasteiger partial charge in [-0.05, 0) is 124 Å². The van der Waals surface area contributed by atoms with Crippen molar-refractivity contribution in [2.45, 2.75) is 37.5 Å². The lowest BCUT2D eigenvalue weighted by atomic mass is 9.41. The standard InChI is InChI=1S/C58H47NOSi/c1-4-17-44(18-5-1)61(45-19-6-2-7-20-45,46-21-8-3-9-22-46)56-30-16-24-48-49-38-41(31-32-55(49)60-57(48)56)47-23-10-13-27-52(47)59-53-28-14-11-25-50(53)58(51-26-12-15-29-54(51)59)42-34-39-33-40(36-42)37-43(58)35-39/h1-32,38-40,42-43H,33-37H2/t39-,40+,42?,43?. The van der Waals surface area contributed by atoms with Crippen molar-refractivity contribution in [1.82, 2.24) is 0 Å². The van der Waals surface area contributed by atoms with E-state index in [0.717, 1.165) is 33.8 Å². The third-order valence-electron chi connectivity index (χ3n) is 15.6. The molecule has 0 saturated heterocycles. The van der Waals surface area contributed by atoms with Crippen molar-refractivity contribution in [3.05, 3.63) is 211 Å². The second kappa shape index (κ2) is 13.5.